The number of hydrogen-bond acceptors (Lipinski definition) is 7. The summed E-state index contributed by atoms with van der Waals surface area (Å²) in [7, 11) is -4.14. The maximum atomic E-state index is 12.8. The van der Waals surface area contributed by atoms with Crippen LogP contribution < -0.4 is 10.0 Å². The fraction of sp³-hybridized carbons (Fsp3) is 0.167. The monoisotopic (exact) mass is 497 g/mol. The van der Waals surface area contributed by atoms with E-state index >= 15 is 0 Å². The van der Waals surface area contributed by atoms with E-state index in [0.717, 1.165) is 6.07 Å². The number of amides is 1. The van der Waals surface area contributed by atoms with Crippen molar-refractivity contribution in [2.75, 3.05) is 11.3 Å². The zero-order valence-corrected chi connectivity index (χ0v) is 19.5. The van der Waals surface area contributed by atoms with E-state index in [9.17, 15) is 28.1 Å². The van der Waals surface area contributed by atoms with Gasteiger partial charge in [-0.2, -0.15) is 0 Å². The Morgan fingerprint density at radius 3 is 2.40 bits per heavy atom. The Morgan fingerprint density at radius 1 is 1.00 bits per heavy atom. The van der Waals surface area contributed by atoms with Gasteiger partial charge in [0, 0.05) is 23.4 Å². The quantitative estimate of drug-likeness (QED) is 0.246. The van der Waals surface area contributed by atoms with Crippen molar-refractivity contribution in [2.24, 2.45) is 0 Å². The second kappa shape index (κ2) is 11.3. The van der Waals surface area contributed by atoms with Crippen LogP contribution in [0.3, 0.4) is 0 Å². The van der Waals surface area contributed by atoms with Gasteiger partial charge in [-0.05, 0) is 42.8 Å². The van der Waals surface area contributed by atoms with Crippen LogP contribution in [-0.4, -0.2) is 31.8 Å². The van der Waals surface area contributed by atoms with Crippen molar-refractivity contribution >= 4 is 33.3 Å². The molecular formula is C24H23N3O7S. The van der Waals surface area contributed by atoms with E-state index in [4.69, 9.17) is 4.74 Å². The summed E-state index contributed by atoms with van der Waals surface area (Å²) < 4.78 is 33.0. The summed E-state index contributed by atoms with van der Waals surface area (Å²) in [4.78, 5) is 34.9. The largest absolute Gasteiger partial charge is 0.466 e. The van der Waals surface area contributed by atoms with Gasteiger partial charge in [0.15, 0.2) is 0 Å². The van der Waals surface area contributed by atoms with E-state index in [1.807, 2.05) is 0 Å². The number of esters is 1. The zero-order valence-electron chi connectivity index (χ0n) is 18.7. The minimum Gasteiger partial charge on any atom is -0.466 e. The highest BCUT2D eigenvalue weighted by Gasteiger charge is 2.22. The van der Waals surface area contributed by atoms with Crippen LogP contribution in [0.1, 0.15) is 35.3 Å². The molecule has 1 amide bonds. The average Bonchev–Trinajstić information content (AvgIpc) is 2.84. The van der Waals surface area contributed by atoms with Crippen LogP contribution in [0.15, 0.2) is 83.8 Å². The van der Waals surface area contributed by atoms with Gasteiger partial charge in [-0.1, -0.05) is 36.4 Å². The van der Waals surface area contributed by atoms with Crippen molar-refractivity contribution in [2.45, 2.75) is 24.3 Å². The number of nitrogens with one attached hydrogen (secondary N) is 2. The first kappa shape index (κ1) is 25.4. The topological polar surface area (TPSA) is 145 Å². The molecule has 3 aromatic rings. The molecule has 10 nitrogen and oxygen atoms in total. The number of rotatable bonds is 10. The van der Waals surface area contributed by atoms with E-state index in [1.54, 1.807) is 49.4 Å². The molecule has 1 atom stereocenters. The molecular weight excluding hydrogens is 474 g/mol. The number of sulfonamides is 1. The molecule has 0 spiro atoms. The summed E-state index contributed by atoms with van der Waals surface area (Å²) in [6.07, 6.45) is -0.173. The van der Waals surface area contributed by atoms with Crippen LogP contribution >= 0.6 is 0 Å². The number of non-ortho nitro benzene ring substituents is 1. The van der Waals surface area contributed by atoms with E-state index in [1.165, 1.54) is 30.3 Å². The van der Waals surface area contributed by atoms with Gasteiger partial charge in [0.05, 0.1) is 28.9 Å². The Bertz CT molecular complexity index is 1330. The van der Waals surface area contributed by atoms with E-state index < -0.39 is 32.9 Å². The highest BCUT2D eigenvalue weighted by atomic mass is 32.2. The maximum absolute atomic E-state index is 12.8. The first-order valence-electron chi connectivity index (χ1n) is 10.6. The molecule has 0 aromatic heterocycles. The standard InChI is InChI=1S/C24H23N3O7S/c1-2-34-23(28)16-22(25-24(29)17-8-4-3-5-9-17)18-10-6-11-19(14-18)26-35(32,33)21-13-7-12-20(15-21)27(30)31/h3-15,22,26H,2,16H2,1H3,(H,25,29). The number of anilines is 1. The minimum atomic E-state index is -4.14. The Balaban J connectivity index is 1.88. The van der Waals surface area contributed by atoms with Crippen molar-refractivity contribution in [1.29, 1.82) is 0 Å². The van der Waals surface area contributed by atoms with Crippen molar-refractivity contribution in [3.8, 4) is 0 Å². The Labute approximate surface area is 202 Å². The first-order valence-corrected chi connectivity index (χ1v) is 12.1. The molecule has 3 aromatic carbocycles. The van der Waals surface area contributed by atoms with Gasteiger partial charge in [-0.15, -0.1) is 0 Å². The highest BCUT2D eigenvalue weighted by molar-refractivity contribution is 7.92. The lowest BCUT2D eigenvalue weighted by atomic mass is 10.0. The molecule has 0 aliphatic carbocycles. The molecule has 35 heavy (non-hydrogen) atoms. The van der Waals surface area contributed by atoms with Crippen LogP contribution in [0.4, 0.5) is 11.4 Å². The van der Waals surface area contributed by atoms with Crippen LogP contribution in [0.25, 0.3) is 0 Å². The fourth-order valence-electron chi connectivity index (χ4n) is 3.27. The molecule has 0 aliphatic heterocycles. The Morgan fingerprint density at radius 2 is 1.71 bits per heavy atom. The average molecular weight is 498 g/mol. The predicted molar refractivity (Wildman–Crippen MR) is 128 cm³/mol. The second-order valence-electron chi connectivity index (χ2n) is 7.39. The van der Waals surface area contributed by atoms with Gasteiger partial charge >= 0.3 is 5.97 Å². The number of nitro benzene ring substituents is 1. The Hall–Kier alpha value is -4.25. The third kappa shape index (κ3) is 6.87. The molecule has 1 unspecified atom stereocenters. The molecule has 2 N–H and O–H groups in total. The van der Waals surface area contributed by atoms with E-state index in [2.05, 4.69) is 10.0 Å². The van der Waals surface area contributed by atoms with Crippen LogP contribution in [0, 0.1) is 10.1 Å². The summed E-state index contributed by atoms with van der Waals surface area (Å²) in [6, 6.07) is 18.5. The molecule has 0 fully saturated rings. The first-order chi connectivity index (χ1) is 16.7. The number of nitro groups is 1. The van der Waals surface area contributed by atoms with Crippen molar-refractivity contribution in [3.05, 3.63) is 100 Å². The van der Waals surface area contributed by atoms with Crippen LogP contribution in [0.2, 0.25) is 0 Å². The third-order valence-electron chi connectivity index (χ3n) is 4.90. The smallest absolute Gasteiger partial charge is 0.308 e. The van der Waals surface area contributed by atoms with Crippen molar-refractivity contribution < 1.29 is 27.7 Å². The predicted octanol–water partition coefficient (Wildman–Crippen LogP) is 3.82. The highest BCUT2D eigenvalue weighted by Crippen LogP contribution is 2.25. The van der Waals surface area contributed by atoms with Crippen molar-refractivity contribution in [1.82, 2.24) is 5.32 Å². The zero-order chi connectivity index (χ0) is 25.4. The number of benzene rings is 3. The SMILES string of the molecule is CCOC(=O)CC(NC(=O)c1ccccc1)c1cccc(NS(=O)(=O)c2cccc([N+](=O)[O-])c2)c1. The molecule has 0 aliphatic rings. The van der Waals surface area contributed by atoms with Gasteiger partial charge in [-0.3, -0.25) is 24.4 Å². The van der Waals surface area contributed by atoms with Crippen LogP contribution in [0.5, 0.6) is 0 Å². The summed E-state index contributed by atoms with van der Waals surface area (Å²) >= 11 is 0. The molecule has 0 saturated heterocycles. The fourth-order valence-corrected chi connectivity index (χ4v) is 4.36. The molecule has 0 saturated carbocycles. The third-order valence-corrected chi connectivity index (χ3v) is 6.28. The summed E-state index contributed by atoms with van der Waals surface area (Å²) in [5, 5.41) is 13.8. The maximum Gasteiger partial charge on any atom is 0.308 e. The number of carbonyl (C=O) groups is 2. The Kier molecular flexibility index (Phi) is 8.16. The number of ether oxygens (including phenoxy) is 1. The van der Waals surface area contributed by atoms with E-state index in [0.29, 0.717) is 11.1 Å². The van der Waals surface area contributed by atoms with Gasteiger partial charge in [-0.25, -0.2) is 8.42 Å². The van der Waals surface area contributed by atoms with Gasteiger partial charge in [0.25, 0.3) is 21.6 Å². The molecule has 0 radical (unpaired) electrons. The lowest BCUT2D eigenvalue weighted by Crippen LogP contribution is -2.30. The second-order valence-corrected chi connectivity index (χ2v) is 9.07. The lowest BCUT2D eigenvalue weighted by molar-refractivity contribution is -0.385. The minimum absolute atomic E-state index is 0.150. The lowest BCUT2D eigenvalue weighted by Gasteiger charge is -2.20. The van der Waals surface area contributed by atoms with Crippen LogP contribution in [-0.2, 0) is 19.6 Å². The molecule has 0 bridgehead atoms. The number of carbonyl (C=O) groups excluding carboxylic acids is 2. The molecule has 0 heterocycles. The normalized spacial score (nSPS) is 11.8. The summed E-state index contributed by atoms with van der Waals surface area (Å²) in [5.74, 6) is -0.948. The number of nitrogens with zero attached hydrogens (tertiary/aromatic N) is 1. The number of hydrogen-bond donors (Lipinski definition) is 2. The van der Waals surface area contributed by atoms with Crippen molar-refractivity contribution in [3.63, 3.8) is 0 Å². The molecule has 3 rings (SSSR count). The van der Waals surface area contributed by atoms with Gasteiger partial charge in [0.2, 0.25) is 0 Å². The molecule has 11 heteroatoms. The molecule has 182 valence electrons. The van der Waals surface area contributed by atoms with Gasteiger partial charge in [0.1, 0.15) is 0 Å². The van der Waals surface area contributed by atoms with Gasteiger partial charge < -0.3 is 10.1 Å². The summed E-state index contributed by atoms with van der Waals surface area (Å²) in [5.41, 5.74) is 0.641. The van der Waals surface area contributed by atoms with E-state index in [-0.39, 0.29) is 29.3 Å². The summed E-state index contributed by atoms with van der Waals surface area (Å²) in [6.45, 7) is 1.83.